The van der Waals surface area contributed by atoms with E-state index >= 15 is 0 Å². The number of ether oxygens (including phenoxy) is 4. The van der Waals surface area contributed by atoms with Gasteiger partial charge in [0.05, 0.1) is 38.1 Å². The molecule has 0 bridgehead atoms. The summed E-state index contributed by atoms with van der Waals surface area (Å²) in [6, 6.07) is 9.23. The number of ketones is 1. The second-order valence-electron chi connectivity index (χ2n) is 11.0. The van der Waals surface area contributed by atoms with Gasteiger partial charge >= 0.3 is 11.9 Å². The lowest BCUT2D eigenvalue weighted by Gasteiger charge is -2.24. The number of hydrogen-bond acceptors (Lipinski definition) is 10. The normalized spacial score (nSPS) is 19.0. The van der Waals surface area contributed by atoms with Crippen LogP contribution in [0.1, 0.15) is 65.3 Å². The van der Waals surface area contributed by atoms with Gasteiger partial charge in [0, 0.05) is 12.0 Å². The van der Waals surface area contributed by atoms with Crippen LogP contribution in [0.4, 0.5) is 5.13 Å². The van der Waals surface area contributed by atoms with Crippen LogP contribution in [0.3, 0.4) is 0 Å². The van der Waals surface area contributed by atoms with Gasteiger partial charge in [0.15, 0.2) is 16.6 Å². The Hall–Kier alpha value is -4.38. The van der Waals surface area contributed by atoms with E-state index in [2.05, 4.69) is 18.8 Å². The zero-order valence-electron chi connectivity index (χ0n) is 24.9. The fourth-order valence-electron chi connectivity index (χ4n) is 5.22. The molecule has 3 heterocycles. The zero-order chi connectivity index (χ0) is 31.0. The first kappa shape index (κ1) is 30.1. The molecule has 2 atom stereocenters. The van der Waals surface area contributed by atoms with E-state index in [1.807, 2.05) is 6.92 Å². The first-order valence-electron chi connectivity index (χ1n) is 14.0. The lowest BCUT2D eigenvalue weighted by atomic mass is 9.94. The number of hydrogen-bond donors (Lipinski definition) is 1. The summed E-state index contributed by atoms with van der Waals surface area (Å²) in [5.74, 6) is -0.611. The molecule has 11 heteroatoms. The number of aliphatic hydroxyl groups excluding tert-OH is 1. The lowest BCUT2D eigenvalue weighted by Crippen LogP contribution is -2.29. The van der Waals surface area contributed by atoms with Crippen molar-refractivity contribution in [3.05, 3.63) is 69.2 Å². The molecule has 1 saturated heterocycles. The van der Waals surface area contributed by atoms with Crippen molar-refractivity contribution < 1.29 is 38.4 Å². The molecule has 10 nitrogen and oxygen atoms in total. The maximum Gasteiger partial charge on any atom is 0.350 e. The van der Waals surface area contributed by atoms with E-state index in [-0.39, 0.29) is 27.4 Å². The average Bonchev–Trinajstić information content (AvgIpc) is 3.63. The summed E-state index contributed by atoms with van der Waals surface area (Å²) in [6.07, 6.45) is 1.49. The zero-order valence-corrected chi connectivity index (χ0v) is 25.7. The molecule has 0 saturated carbocycles. The number of thiazole rings is 1. The summed E-state index contributed by atoms with van der Waals surface area (Å²) in [5, 5.41) is 11.8. The summed E-state index contributed by atoms with van der Waals surface area (Å²) in [4.78, 5) is 45.6. The summed E-state index contributed by atoms with van der Waals surface area (Å²) in [6.45, 7) is 8.27. The maximum atomic E-state index is 13.7. The molecule has 2 aromatic carbocycles. The number of fused-ring (bicyclic) bond motifs is 1. The predicted octanol–water partition coefficient (Wildman–Crippen LogP) is 5.62. The highest BCUT2D eigenvalue weighted by atomic mass is 32.1. The number of esters is 1. The Morgan fingerprint density at radius 1 is 1.16 bits per heavy atom. The topological polar surface area (TPSA) is 124 Å². The summed E-state index contributed by atoms with van der Waals surface area (Å²) < 4.78 is 22.3. The molecular formula is C32H34N2O8S. The van der Waals surface area contributed by atoms with E-state index in [9.17, 15) is 19.5 Å². The summed E-state index contributed by atoms with van der Waals surface area (Å²) in [7, 11) is 2.76. The number of nitrogens with zero attached hydrogens (tertiary/aromatic N) is 2. The van der Waals surface area contributed by atoms with Gasteiger partial charge in [-0.25, -0.2) is 9.78 Å². The predicted molar refractivity (Wildman–Crippen MR) is 161 cm³/mol. The van der Waals surface area contributed by atoms with Crippen LogP contribution in [0.25, 0.3) is 5.76 Å². The Kier molecular flexibility index (Phi) is 8.45. The number of methoxy groups -OCH3 is 2. The third-order valence-electron chi connectivity index (χ3n) is 7.43. The lowest BCUT2D eigenvalue weighted by molar-refractivity contribution is -0.132. The number of aromatic nitrogens is 1. The average molecular weight is 607 g/mol. The molecule has 0 spiro atoms. The van der Waals surface area contributed by atoms with E-state index in [0.717, 1.165) is 23.3 Å². The molecule has 2 unspecified atom stereocenters. The molecule has 1 N–H and O–H groups in total. The van der Waals surface area contributed by atoms with Crippen molar-refractivity contribution >= 4 is 39.9 Å². The Morgan fingerprint density at radius 2 is 1.93 bits per heavy atom. The summed E-state index contributed by atoms with van der Waals surface area (Å²) in [5.41, 5.74) is 2.00. The number of carbonyl (C=O) groups excluding carboxylic acids is 3. The molecule has 2 aliphatic heterocycles. The minimum atomic E-state index is -1.07. The van der Waals surface area contributed by atoms with Crippen LogP contribution in [0, 0.1) is 12.8 Å². The van der Waals surface area contributed by atoms with Crippen molar-refractivity contribution in [3.63, 3.8) is 0 Å². The second-order valence-corrected chi connectivity index (χ2v) is 11.9. The molecule has 1 fully saturated rings. The molecular weight excluding hydrogens is 572 g/mol. The van der Waals surface area contributed by atoms with Gasteiger partial charge < -0.3 is 24.1 Å². The van der Waals surface area contributed by atoms with Crippen molar-refractivity contribution in [2.75, 3.05) is 25.7 Å². The number of rotatable bonds is 9. The van der Waals surface area contributed by atoms with Gasteiger partial charge in [0.2, 0.25) is 0 Å². The Bertz CT molecular complexity index is 1630. The van der Waals surface area contributed by atoms with Crippen molar-refractivity contribution in [3.8, 4) is 17.2 Å². The second kappa shape index (κ2) is 12.1. The molecule has 5 rings (SSSR count). The number of carbonyl (C=O) groups is 3. The van der Waals surface area contributed by atoms with Crippen molar-refractivity contribution in [1.82, 2.24) is 4.98 Å². The number of benzene rings is 2. The van der Waals surface area contributed by atoms with E-state index in [0.29, 0.717) is 53.0 Å². The Balaban J connectivity index is 1.65. The smallest absolute Gasteiger partial charge is 0.350 e. The molecule has 1 amide bonds. The SMILES string of the molecule is COC(=O)c1sc(N2C(=O)C(=O)/C(=C(/O)c3ccc4c(c3)CC(C)O4)C2c2ccc(OCCC(C)C)c(OC)c2)nc1C. The highest BCUT2D eigenvalue weighted by Gasteiger charge is 2.48. The first-order valence-corrected chi connectivity index (χ1v) is 14.8. The van der Waals surface area contributed by atoms with E-state index in [1.54, 1.807) is 43.3 Å². The largest absolute Gasteiger partial charge is 0.507 e. The van der Waals surface area contributed by atoms with Gasteiger partial charge in [-0.1, -0.05) is 31.3 Å². The molecule has 43 heavy (non-hydrogen) atoms. The van der Waals surface area contributed by atoms with Gasteiger partial charge in [0.1, 0.15) is 22.5 Å². The molecule has 0 radical (unpaired) electrons. The van der Waals surface area contributed by atoms with Crippen LogP contribution >= 0.6 is 11.3 Å². The molecule has 0 aliphatic carbocycles. The van der Waals surface area contributed by atoms with Crippen molar-refractivity contribution in [2.24, 2.45) is 5.92 Å². The van der Waals surface area contributed by atoms with Gasteiger partial charge in [-0.15, -0.1) is 0 Å². The number of amides is 1. The van der Waals surface area contributed by atoms with Crippen molar-refractivity contribution in [2.45, 2.75) is 52.7 Å². The standard InChI is InChI=1S/C32H34N2O8S/c1-16(2)11-12-41-23-10-7-19(15-24(23)39-5)26-25(27(35)20-8-9-22-21(14-20)13-17(3)42-22)28(36)30(37)34(26)32-33-18(4)29(43-32)31(38)40-6/h7-10,14-17,26,35H,11-13H2,1-6H3/b27-25+. The number of aliphatic hydroxyl groups is 1. The third-order valence-corrected chi connectivity index (χ3v) is 8.57. The van der Waals surface area contributed by atoms with E-state index < -0.39 is 23.7 Å². The molecule has 1 aromatic heterocycles. The van der Waals surface area contributed by atoms with Crippen LogP contribution in [-0.2, 0) is 20.7 Å². The Labute approximate surface area is 253 Å². The van der Waals surface area contributed by atoms with Gasteiger partial charge in [-0.3, -0.25) is 14.5 Å². The van der Waals surface area contributed by atoms with Gasteiger partial charge in [-0.2, -0.15) is 0 Å². The van der Waals surface area contributed by atoms with Crippen LogP contribution in [0.5, 0.6) is 17.2 Å². The fraction of sp³-hybridized carbons (Fsp3) is 0.375. The third kappa shape index (κ3) is 5.69. The van der Waals surface area contributed by atoms with E-state index in [4.69, 9.17) is 18.9 Å². The van der Waals surface area contributed by atoms with Crippen LogP contribution in [-0.4, -0.2) is 54.7 Å². The minimum Gasteiger partial charge on any atom is -0.507 e. The fourth-order valence-corrected chi connectivity index (χ4v) is 6.23. The first-order chi connectivity index (χ1) is 20.5. The number of anilines is 1. The Morgan fingerprint density at radius 3 is 2.63 bits per heavy atom. The highest BCUT2D eigenvalue weighted by molar-refractivity contribution is 7.17. The monoisotopic (exact) mass is 606 g/mol. The summed E-state index contributed by atoms with van der Waals surface area (Å²) >= 11 is 0.937. The van der Waals surface area contributed by atoms with Crippen LogP contribution in [0.2, 0.25) is 0 Å². The molecule has 3 aromatic rings. The highest BCUT2D eigenvalue weighted by Crippen LogP contribution is 2.46. The van der Waals surface area contributed by atoms with E-state index in [1.165, 1.54) is 19.1 Å². The number of aryl methyl sites for hydroxylation is 1. The molecule has 2 aliphatic rings. The maximum absolute atomic E-state index is 13.7. The number of Topliss-reactive ketones (excluding diaryl/α,β-unsaturated/α-hetero) is 1. The van der Waals surface area contributed by atoms with Gasteiger partial charge in [0.25, 0.3) is 5.78 Å². The van der Waals surface area contributed by atoms with Gasteiger partial charge in [-0.05, 0) is 67.6 Å². The van der Waals surface area contributed by atoms with Crippen molar-refractivity contribution in [1.29, 1.82) is 0 Å². The van der Waals surface area contributed by atoms with Crippen LogP contribution < -0.4 is 19.1 Å². The quantitative estimate of drug-likeness (QED) is 0.143. The minimum absolute atomic E-state index is 0.0103. The van der Waals surface area contributed by atoms with Crippen LogP contribution in [0.15, 0.2) is 42.0 Å². The molecule has 226 valence electrons.